The average molecular weight is 166 g/mol. The number of hydrogen-bond acceptors (Lipinski definition) is 1. The Labute approximate surface area is 74.5 Å². The minimum atomic E-state index is 0.419. The third-order valence-corrected chi connectivity index (χ3v) is 4.30. The molecule has 0 aromatic heterocycles. The zero-order valence-corrected chi connectivity index (χ0v) is 8.37. The van der Waals surface area contributed by atoms with Gasteiger partial charge >= 0.3 is 0 Å². The minimum Gasteiger partial charge on any atom is -0.299 e. The second-order valence-corrected chi connectivity index (χ2v) is 4.89. The first kappa shape index (κ1) is 8.28. The molecule has 68 valence electrons. The Balaban J connectivity index is 1.95. The Bertz CT molecular complexity index is 183. The smallest absolute Gasteiger partial charge is 0.140 e. The molecule has 0 N–H and O–H groups in total. The van der Waals surface area contributed by atoms with Gasteiger partial charge in [0, 0.05) is 11.8 Å². The second kappa shape index (κ2) is 2.34. The molecule has 1 heteroatoms. The molecule has 4 atom stereocenters. The van der Waals surface area contributed by atoms with Crippen LogP contribution in [-0.4, -0.2) is 5.78 Å². The van der Waals surface area contributed by atoms with Crippen LogP contribution < -0.4 is 0 Å². The third kappa shape index (κ3) is 0.949. The minimum absolute atomic E-state index is 0.419. The molecule has 0 aliphatic heterocycles. The number of hydrogen-bond donors (Lipinski definition) is 0. The van der Waals surface area contributed by atoms with E-state index in [1.807, 2.05) is 0 Å². The Morgan fingerprint density at radius 2 is 1.00 bits per heavy atom. The predicted molar refractivity (Wildman–Crippen MR) is 48.6 cm³/mol. The number of carbonyl (C=O) groups is 1. The van der Waals surface area contributed by atoms with Crippen LogP contribution in [-0.2, 0) is 4.79 Å². The van der Waals surface area contributed by atoms with Crippen LogP contribution in [0.5, 0.6) is 0 Å². The van der Waals surface area contributed by atoms with Crippen molar-refractivity contribution in [3.63, 3.8) is 0 Å². The Hall–Kier alpha value is -0.330. The van der Waals surface area contributed by atoms with Crippen molar-refractivity contribution in [1.29, 1.82) is 0 Å². The molecule has 0 heterocycles. The highest BCUT2D eigenvalue weighted by Gasteiger charge is 2.57. The van der Waals surface area contributed by atoms with Crippen molar-refractivity contribution in [2.75, 3.05) is 0 Å². The van der Waals surface area contributed by atoms with Gasteiger partial charge in [0.15, 0.2) is 0 Å². The van der Waals surface area contributed by atoms with Gasteiger partial charge in [-0.2, -0.15) is 0 Å². The van der Waals surface area contributed by atoms with Gasteiger partial charge in [0.05, 0.1) is 0 Å². The van der Waals surface area contributed by atoms with Crippen LogP contribution in [0.15, 0.2) is 0 Å². The maximum atomic E-state index is 11.8. The van der Waals surface area contributed by atoms with Crippen molar-refractivity contribution in [3.05, 3.63) is 0 Å². The largest absolute Gasteiger partial charge is 0.299 e. The fourth-order valence-corrected chi connectivity index (χ4v) is 2.58. The molecule has 0 aromatic rings. The van der Waals surface area contributed by atoms with E-state index in [-0.39, 0.29) is 0 Å². The molecule has 0 amide bonds. The van der Waals surface area contributed by atoms with E-state index in [1.165, 1.54) is 0 Å². The summed E-state index contributed by atoms with van der Waals surface area (Å²) in [5, 5.41) is 0. The van der Waals surface area contributed by atoms with Gasteiger partial charge in [0.25, 0.3) is 0 Å². The Morgan fingerprint density at radius 1 is 0.750 bits per heavy atom. The lowest BCUT2D eigenvalue weighted by atomic mass is 10.1. The Morgan fingerprint density at radius 3 is 1.17 bits per heavy atom. The van der Waals surface area contributed by atoms with E-state index < -0.39 is 0 Å². The summed E-state index contributed by atoms with van der Waals surface area (Å²) in [4.78, 5) is 11.8. The zero-order chi connectivity index (χ0) is 9.04. The lowest BCUT2D eigenvalue weighted by Crippen LogP contribution is -2.07. The van der Waals surface area contributed by atoms with Crippen molar-refractivity contribution in [2.24, 2.45) is 35.5 Å². The van der Waals surface area contributed by atoms with Gasteiger partial charge in [-0.3, -0.25) is 4.79 Å². The molecule has 2 rings (SSSR count). The number of carbonyl (C=O) groups excluding carboxylic acids is 1. The average Bonchev–Trinajstić information content (AvgIpc) is 2.78. The predicted octanol–water partition coefficient (Wildman–Crippen LogP) is 2.36. The topological polar surface area (TPSA) is 17.1 Å². The first-order chi connectivity index (χ1) is 5.55. The van der Waals surface area contributed by atoms with Gasteiger partial charge < -0.3 is 0 Å². The van der Waals surface area contributed by atoms with Gasteiger partial charge in [-0.25, -0.2) is 0 Å². The van der Waals surface area contributed by atoms with Gasteiger partial charge in [-0.15, -0.1) is 0 Å². The maximum Gasteiger partial charge on any atom is 0.140 e. The fraction of sp³-hybridized carbons (Fsp3) is 0.909. The van der Waals surface area contributed by atoms with E-state index in [9.17, 15) is 4.79 Å². The monoisotopic (exact) mass is 166 g/mol. The molecule has 0 bridgehead atoms. The fourth-order valence-electron chi connectivity index (χ4n) is 2.58. The molecule has 2 aliphatic rings. The van der Waals surface area contributed by atoms with Crippen LogP contribution in [0.4, 0.5) is 0 Å². The molecular weight excluding hydrogens is 148 g/mol. The summed E-state index contributed by atoms with van der Waals surface area (Å²) in [5.74, 6) is 4.06. The van der Waals surface area contributed by atoms with Gasteiger partial charge in [0.2, 0.25) is 0 Å². The molecule has 0 aromatic carbocycles. The lowest BCUT2D eigenvalue weighted by molar-refractivity contribution is -0.122. The maximum absolute atomic E-state index is 11.8. The SMILES string of the molecule is CC1C(C)C1C(=O)C1C(C)C1C. The molecule has 0 spiro atoms. The van der Waals surface area contributed by atoms with Gasteiger partial charge in [-0.05, 0) is 23.7 Å². The van der Waals surface area contributed by atoms with Crippen LogP contribution in [0, 0.1) is 35.5 Å². The van der Waals surface area contributed by atoms with E-state index in [0.717, 1.165) is 0 Å². The first-order valence-electron chi connectivity index (χ1n) is 5.09. The van der Waals surface area contributed by atoms with E-state index in [4.69, 9.17) is 0 Å². The van der Waals surface area contributed by atoms with Crippen LogP contribution in [0.2, 0.25) is 0 Å². The first-order valence-corrected chi connectivity index (χ1v) is 5.09. The summed E-state index contributed by atoms with van der Waals surface area (Å²) in [6.07, 6.45) is 0. The van der Waals surface area contributed by atoms with E-state index in [2.05, 4.69) is 27.7 Å². The molecule has 12 heavy (non-hydrogen) atoms. The van der Waals surface area contributed by atoms with Crippen molar-refractivity contribution in [3.8, 4) is 0 Å². The molecule has 1 nitrogen and oxygen atoms in total. The van der Waals surface area contributed by atoms with Gasteiger partial charge in [-0.1, -0.05) is 27.7 Å². The summed E-state index contributed by atoms with van der Waals surface area (Å²) >= 11 is 0. The highest BCUT2D eigenvalue weighted by atomic mass is 16.1. The van der Waals surface area contributed by atoms with Crippen LogP contribution in [0.3, 0.4) is 0 Å². The summed E-state index contributed by atoms with van der Waals surface area (Å²) in [6.45, 7) is 8.80. The Kier molecular flexibility index (Phi) is 1.61. The normalized spacial score (nSPS) is 56.7. The van der Waals surface area contributed by atoms with Crippen molar-refractivity contribution < 1.29 is 4.79 Å². The zero-order valence-electron chi connectivity index (χ0n) is 8.37. The summed E-state index contributed by atoms with van der Waals surface area (Å²) < 4.78 is 0. The van der Waals surface area contributed by atoms with E-state index in [1.54, 1.807) is 0 Å². The lowest BCUT2D eigenvalue weighted by Gasteiger charge is -1.94. The molecular formula is C11H18O. The third-order valence-electron chi connectivity index (χ3n) is 4.30. The molecule has 2 saturated carbocycles. The molecule has 2 aliphatic carbocycles. The highest BCUT2D eigenvalue weighted by molar-refractivity contribution is 5.89. The number of rotatable bonds is 2. The highest BCUT2D eigenvalue weighted by Crippen LogP contribution is 2.55. The van der Waals surface area contributed by atoms with Crippen molar-refractivity contribution in [2.45, 2.75) is 27.7 Å². The van der Waals surface area contributed by atoms with Crippen LogP contribution in [0.25, 0.3) is 0 Å². The van der Waals surface area contributed by atoms with Gasteiger partial charge in [0.1, 0.15) is 5.78 Å². The summed E-state index contributed by atoms with van der Waals surface area (Å²) in [7, 11) is 0. The summed E-state index contributed by atoms with van der Waals surface area (Å²) in [5.41, 5.74) is 0. The molecule has 4 unspecified atom stereocenters. The van der Waals surface area contributed by atoms with Crippen LogP contribution >= 0.6 is 0 Å². The van der Waals surface area contributed by atoms with Crippen molar-refractivity contribution in [1.82, 2.24) is 0 Å². The van der Waals surface area contributed by atoms with E-state index >= 15 is 0 Å². The summed E-state index contributed by atoms with van der Waals surface area (Å²) in [6, 6.07) is 0. The van der Waals surface area contributed by atoms with Crippen molar-refractivity contribution >= 4 is 5.78 Å². The molecule has 0 saturated heterocycles. The number of Topliss-reactive ketones (excluding diaryl/α,β-unsaturated/α-hetero) is 1. The number of ketones is 1. The second-order valence-electron chi connectivity index (χ2n) is 4.89. The van der Waals surface area contributed by atoms with E-state index in [0.29, 0.717) is 41.3 Å². The molecule has 0 radical (unpaired) electrons. The quantitative estimate of drug-likeness (QED) is 0.615. The standard InChI is InChI=1S/C11H18O/c1-5-6(2)9(5)11(12)10-7(3)8(10)4/h5-10H,1-4H3. The molecule has 2 fully saturated rings. The van der Waals surface area contributed by atoms with Crippen LogP contribution in [0.1, 0.15) is 27.7 Å².